The Hall–Kier alpha value is -2.83. The molecule has 4 rings (SSSR count). The number of benzene rings is 1. The second-order valence-electron chi connectivity index (χ2n) is 6.51. The summed E-state index contributed by atoms with van der Waals surface area (Å²) >= 11 is 0. The quantitative estimate of drug-likeness (QED) is 0.756. The molecule has 1 aliphatic rings. The maximum absolute atomic E-state index is 13.9. The predicted molar refractivity (Wildman–Crippen MR) is 95.0 cm³/mol. The lowest BCUT2D eigenvalue weighted by Gasteiger charge is -2.22. The second kappa shape index (κ2) is 7.19. The number of rotatable bonds is 4. The molecule has 134 valence electrons. The summed E-state index contributed by atoms with van der Waals surface area (Å²) in [5, 5.41) is 7.57. The van der Waals surface area contributed by atoms with E-state index in [2.05, 4.69) is 20.4 Å². The Kier molecular flexibility index (Phi) is 4.60. The Balaban J connectivity index is 1.56. The van der Waals surface area contributed by atoms with Gasteiger partial charge in [0.1, 0.15) is 11.5 Å². The number of nitrogens with zero attached hydrogens (tertiary/aromatic N) is 4. The fraction of sp³-hybridized carbons (Fsp3) is 0.316. The summed E-state index contributed by atoms with van der Waals surface area (Å²) in [5.41, 5.74) is 1.63. The summed E-state index contributed by atoms with van der Waals surface area (Å²) in [5.74, 6) is -0.690. The van der Waals surface area contributed by atoms with Gasteiger partial charge in [-0.1, -0.05) is 19.3 Å². The topological polar surface area (TPSA) is 55.6 Å². The van der Waals surface area contributed by atoms with Crippen molar-refractivity contribution in [2.75, 3.05) is 5.32 Å². The molecule has 7 heteroatoms. The van der Waals surface area contributed by atoms with Gasteiger partial charge in [0, 0.05) is 30.1 Å². The molecule has 0 radical (unpaired) electrons. The minimum Gasteiger partial charge on any atom is -0.351 e. The molecule has 0 saturated heterocycles. The molecule has 26 heavy (non-hydrogen) atoms. The molecular weight excluding hydrogens is 336 g/mol. The van der Waals surface area contributed by atoms with Crippen LogP contribution < -0.4 is 5.32 Å². The summed E-state index contributed by atoms with van der Waals surface area (Å²) in [6.45, 7) is 0. The van der Waals surface area contributed by atoms with E-state index in [1.165, 1.54) is 36.1 Å². The maximum atomic E-state index is 13.9. The first-order chi connectivity index (χ1) is 12.7. The van der Waals surface area contributed by atoms with Gasteiger partial charge in [-0.25, -0.2) is 23.4 Å². The van der Waals surface area contributed by atoms with Crippen LogP contribution in [0.1, 0.15) is 32.1 Å². The molecule has 1 saturated carbocycles. The van der Waals surface area contributed by atoms with Crippen LogP contribution in [-0.2, 0) is 0 Å². The van der Waals surface area contributed by atoms with Gasteiger partial charge in [0.05, 0.1) is 11.9 Å². The van der Waals surface area contributed by atoms with Crippen molar-refractivity contribution in [1.82, 2.24) is 19.7 Å². The van der Waals surface area contributed by atoms with Crippen molar-refractivity contribution in [2.24, 2.45) is 0 Å². The molecule has 0 spiro atoms. The van der Waals surface area contributed by atoms with E-state index in [1.807, 2.05) is 0 Å². The Morgan fingerprint density at radius 3 is 2.73 bits per heavy atom. The number of aromatic nitrogens is 4. The summed E-state index contributed by atoms with van der Waals surface area (Å²) in [4.78, 5) is 8.85. The lowest BCUT2D eigenvalue weighted by Crippen LogP contribution is -2.23. The normalized spacial score (nSPS) is 15.2. The largest absolute Gasteiger partial charge is 0.351 e. The van der Waals surface area contributed by atoms with E-state index in [9.17, 15) is 8.78 Å². The highest BCUT2D eigenvalue weighted by atomic mass is 19.1. The standard InChI is InChI=1S/C19H19F2N5/c20-14-6-7-18(16(21)10-14)26-12-13(11-23-26)17-8-9-22-19(25-17)24-15-4-2-1-3-5-15/h6-12,15H,1-5H2,(H,22,24,25). The molecule has 0 aliphatic heterocycles. The average molecular weight is 355 g/mol. The van der Waals surface area contributed by atoms with Gasteiger partial charge in [-0.05, 0) is 31.0 Å². The van der Waals surface area contributed by atoms with Crippen molar-refractivity contribution < 1.29 is 8.78 Å². The summed E-state index contributed by atoms with van der Waals surface area (Å²) in [7, 11) is 0. The molecule has 0 amide bonds. The summed E-state index contributed by atoms with van der Waals surface area (Å²) in [6, 6.07) is 5.60. The van der Waals surface area contributed by atoms with Crippen molar-refractivity contribution in [3.63, 3.8) is 0 Å². The molecule has 1 aromatic carbocycles. The van der Waals surface area contributed by atoms with Crippen LogP contribution in [0.25, 0.3) is 16.9 Å². The van der Waals surface area contributed by atoms with Crippen LogP contribution >= 0.6 is 0 Å². The van der Waals surface area contributed by atoms with Gasteiger partial charge in [0.15, 0.2) is 5.82 Å². The molecule has 1 fully saturated rings. The van der Waals surface area contributed by atoms with E-state index in [-0.39, 0.29) is 5.69 Å². The summed E-state index contributed by atoms with van der Waals surface area (Å²) in [6.07, 6.45) is 11.0. The number of hydrogen-bond acceptors (Lipinski definition) is 4. The third-order valence-corrected chi connectivity index (χ3v) is 4.63. The van der Waals surface area contributed by atoms with Crippen LogP contribution in [0.15, 0.2) is 42.9 Å². The zero-order valence-corrected chi connectivity index (χ0v) is 14.2. The highest BCUT2D eigenvalue weighted by Crippen LogP contribution is 2.23. The lowest BCUT2D eigenvalue weighted by atomic mass is 9.96. The van der Waals surface area contributed by atoms with E-state index in [4.69, 9.17) is 0 Å². The molecule has 0 bridgehead atoms. The summed E-state index contributed by atoms with van der Waals surface area (Å²) < 4.78 is 28.4. The van der Waals surface area contributed by atoms with Crippen molar-refractivity contribution in [3.05, 3.63) is 54.5 Å². The minimum absolute atomic E-state index is 0.187. The fourth-order valence-corrected chi connectivity index (χ4v) is 3.27. The molecule has 1 aliphatic carbocycles. The second-order valence-corrected chi connectivity index (χ2v) is 6.51. The zero-order valence-electron chi connectivity index (χ0n) is 14.2. The molecular formula is C19H19F2N5. The van der Waals surface area contributed by atoms with Crippen molar-refractivity contribution in [1.29, 1.82) is 0 Å². The van der Waals surface area contributed by atoms with Gasteiger partial charge < -0.3 is 5.32 Å². The molecule has 3 aromatic rings. The van der Waals surface area contributed by atoms with Crippen LogP contribution in [0.3, 0.4) is 0 Å². The van der Waals surface area contributed by atoms with E-state index in [0.717, 1.165) is 24.5 Å². The van der Waals surface area contributed by atoms with Gasteiger partial charge in [0.25, 0.3) is 0 Å². The first-order valence-electron chi connectivity index (χ1n) is 8.79. The number of nitrogens with one attached hydrogen (secondary N) is 1. The van der Waals surface area contributed by atoms with Gasteiger partial charge in [-0.15, -0.1) is 0 Å². The predicted octanol–water partition coefficient (Wildman–Crippen LogP) is 4.35. The highest BCUT2D eigenvalue weighted by molar-refractivity contribution is 5.59. The zero-order chi connectivity index (χ0) is 17.9. The minimum atomic E-state index is -0.665. The first kappa shape index (κ1) is 16.6. The Labute approximate surface area is 150 Å². The monoisotopic (exact) mass is 355 g/mol. The molecule has 5 nitrogen and oxygen atoms in total. The van der Waals surface area contributed by atoms with E-state index < -0.39 is 11.6 Å². The van der Waals surface area contributed by atoms with E-state index in [1.54, 1.807) is 24.7 Å². The third kappa shape index (κ3) is 3.56. The number of anilines is 1. The molecule has 0 unspecified atom stereocenters. The van der Waals surface area contributed by atoms with Crippen LogP contribution in [0.5, 0.6) is 0 Å². The van der Waals surface area contributed by atoms with Crippen LogP contribution in [0.4, 0.5) is 14.7 Å². The van der Waals surface area contributed by atoms with E-state index in [0.29, 0.717) is 17.7 Å². The Bertz CT molecular complexity index is 902. The van der Waals surface area contributed by atoms with E-state index >= 15 is 0 Å². The SMILES string of the molecule is Fc1ccc(-n2cc(-c3ccnc(NC4CCCCC4)n3)cn2)c(F)c1. The van der Waals surface area contributed by atoms with Crippen molar-refractivity contribution in [3.8, 4) is 16.9 Å². The third-order valence-electron chi connectivity index (χ3n) is 4.63. The lowest BCUT2D eigenvalue weighted by molar-refractivity contribution is 0.461. The van der Waals surface area contributed by atoms with Crippen molar-refractivity contribution in [2.45, 2.75) is 38.1 Å². The van der Waals surface area contributed by atoms with Gasteiger partial charge in [0.2, 0.25) is 5.95 Å². The molecule has 2 heterocycles. The smallest absolute Gasteiger partial charge is 0.223 e. The van der Waals surface area contributed by atoms with Gasteiger partial charge in [-0.2, -0.15) is 5.10 Å². The van der Waals surface area contributed by atoms with Crippen molar-refractivity contribution >= 4 is 5.95 Å². The Morgan fingerprint density at radius 2 is 1.92 bits per heavy atom. The van der Waals surface area contributed by atoms with Crippen LogP contribution in [0.2, 0.25) is 0 Å². The van der Waals surface area contributed by atoms with Crippen LogP contribution in [0, 0.1) is 11.6 Å². The number of hydrogen-bond donors (Lipinski definition) is 1. The average Bonchev–Trinajstić information content (AvgIpc) is 3.13. The fourth-order valence-electron chi connectivity index (χ4n) is 3.27. The van der Waals surface area contributed by atoms with Gasteiger partial charge >= 0.3 is 0 Å². The Morgan fingerprint density at radius 1 is 1.08 bits per heavy atom. The number of halogens is 2. The molecule has 2 aromatic heterocycles. The highest BCUT2D eigenvalue weighted by Gasteiger charge is 2.15. The van der Waals surface area contributed by atoms with Gasteiger partial charge in [-0.3, -0.25) is 0 Å². The molecule has 0 atom stereocenters. The molecule has 1 N–H and O–H groups in total. The van der Waals surface area contributed by atoms with Crippen LogP contribution in [-0.4, -0.2) is 25.8 Å². The maximum Gasteiger partial charge on any atom is 0.223 e. The first-order valence-corrected chi connectivity index (χ1v) is 8.79.